The highest BCUT2D eigenvalue weighted by molar-refractivity contribution is 6.14. The van der Waals surface area contributed by atoms with Crippen LogP contribution < -0.4 is 10.6 Å². The average molecular weight is 267 g/mol. The van der Waals surface area contributed by atoms with Crippen molar-refractivity contribution in [3.8, 4) is 0 Å². The highest BCUT2D eigenvalue weighted by atomic mass is 16.2. The number of rotatable bonds is 3. The van der Waals surface area contributed by atoms with Crippen LogP contribution in [0.2, 0.25) is 0 Å². The second-order valence-corrected chi connectivity index (χ2v) is 4.51. The molecular formula is C15H13N3O2. The third kappa shape index (κ3) is 1.99. The summed E-state index contributed by atoms with van der Waals surface area (Å²) < 4.78 is 2.05. The van der Waals surface area contributed by atoms with Gasteiger partial charge in [-0.1, -0.05) is 24.3 Å². The summed E-state index contributed by atoms with van der Waals surface area (Å²) in [6.45, 7) is 4.42. The van der Waals surface area contributed by atoms with E-state index in [-0.39, 0.29) is 5.70 Å². The standard InChI is InChI=1S/C15H13N3O2/c1-2-7-18-9-10(11-5-3-4-6-13(11)18)8-12-14(19)17-15(20)16-12/h2-6,8-9H,1,7H2,(H2,16,17,19,20)/b12-8+. The number of nitrogens with zero attached hydrogens (tertiary/aromatic N) is 1. The number of para-hydroxylation sites is 1. The number of benzene rings is 1. The molecule has 1 saturated heterocycles. The van der Waals surface area contributed by atoms with Crippen LogP contribution in [0.1, 0.15) is 5.56 Å². The molecule has 1 fully saturated rings. The Labute approximate surface area is 115 Å². The van der Waals surface area contributed by atoms with E-state index in [1.807, 2.05) is 41.1 Å². The normalized spacial score (nSPS) is 16.5. The van der Waals surface area contributed by atoms with E-state index in [1.54, 1.807) is 6.08 Å². The van der Waals surface area contributed by atoms with Crippen LogP contribution in [0, 0.1) is 0 Å². The van der Waals surface area contributed by atoms with Crippen molar-refractivity contribution < 1.29 is 9.59 Å². The van der Waals surface area contributed by atoms with Crippen molar-refractivity contribution in [3.63, 3.8) is 0 Å². The molecule has 0 atom stereocenters. The van der Waals surface area contributed by atoms with Gasteiger partial charge in [-0.2, -0.15) is 0 Å². The predicted octanol–water partition coefficient (Wildman–Crippen LogP) is 2.01. The fourth-order valence-corrected chi connectivity index (χ4v) is 2.32. The van der Waals surface area contributed by atoms with Crippen LogP contribution in [0.25, 0.3) is 17.0 Å². The fourth-order valence-electron chi connectivity index (χ4n) is 2.32. The van der Waals surface area contributed by atoms with Gasteiger partial charge in [0, 0.05) is 29.2 Å². The molecule has 20 heavy (non-hydrogen) atoms. The van der Waals surface area contributed by atoms with Gasteiger partial charge in [-0.15, -0.1) is 6.58 Å². The van der Waals surface area contributed by atoms with E-state index >= 15 is 0 Å². The zero-order chi connectivity index (χ0) is 14.1. The Morgan fingerprint density at radius 1 is 1.20 bits per heavy atom. The van der Waals surface area contributed by atoms with Crippen molar-refractivity contribution >= 4 is 28.9 Å². The number of aromatic nitrogens is 1. The zero-order valence-electron chi connectivity index (χ0n) is 10.7. The molecule has 3 rings (SSSR count). The largest absolute Gasteiger partial charge is 0.343 e. The minimum Gasteiger partial charge on any atom is -0.343 e. The van der Waals surface area contributed by atoms with Crippen LogP contribution in [-0.2, 0) is 11.3 Å². The smallest absolute Gasteiger partial charge is 0.326 e. The summed E-state index contributed by atoms with van der Waals surface area (Å²) in [5.74, 6) is -0.407. The number of nitrogens with one attached hydrogen (secondary N) is 2. The van der Waals surface area contributed by atoms with Gasteiger partial charge in [-0.05, 0) is 12.1 Å². The number of hydrogen-bond donors (Lipinski definition) is 2. The quantitative estimate of drug-likeness (QED) is 0.507. The van der Waals surface area contributed by atoms with Gasteiger partial charge in [-0.3, -0.25) is 10.1 Å². The average Bonchev–Trinajstić information content (AvgIpc) is 2.93. The van der Waals surface area contributed by atoms with E-state index < -0.39 is 11.9 Å². The molecule has 0 saturated carbocycles. The van der Waals surface area contributed by atoms with Crippen molar-refractivity contribution in [2.45, 2.75) is 6.54 Å². The summed E-state index contributed by atoms with van der Waals surface area (Å²) >= 11 is 0. The molecule has 1 aliphatic heterocycles. The Hall–Kier alpha value is -2.82. The molecule has 100 valence electrons. The van der Waals surface area contributed by atoms with Gasteiger partial charge in [0.05, 0.1) is 0 Å². The predicted molar refractivity (Wildman–Crippen MR) is 76.8 cm³/mol. The van der Waals surface area contributed by atoms with Gasteiger partial charge in [0.1, 0.15) is 5.70 Å². The molecular weight excluding hydrogens is 254 g/mol. The Morgan fingerprint density at radius 2 is 2.00 bits per heavy atom. The van der Waals surface area contributed by atoms with Crippen LogP contribution in [0.4, 0.5) is 4.79 Å². The first kappa shape index (κ1) is 12.2. The summed E-state index contributed by atoms with van der Waals surface area (Å²) in [7, 11) is 0. The lowest BCUT2D eigenvalue weighted by molar-refractivity contribution is -0.115. The lowest BCUT2D eigenvalue weighted by Gasteiger charge is -1.98. The van der Waals surface area contributed by atoms with Crippen molar-refractivity contribution in [2.24, 2.45) is 0 Å². The van der Waals surface area contributed by atoms with Crippen LogP contribution in [0.5, 0.6) is 0 Å². The maximum absolute atomic E-state index is 11.6. The minimum atomic E-state index is -0.490. The molecule has 0 unspecified atom stereocenters. The molecule has 2 N–H and O–H groups in total. The van der Waals surface area contributed by atoms with Gasteiger partial charge in [0.2, 0.25) is 0 Å². The maximum atomic E-state index is 11.6. The van der Waals surface area contributed by atoms with Crippen LogP contribution in [-0.4, -0.2) is 16.5 Å². The Kier molecular flexibility index (Phi) is 2.87. The monoisotopic (exact) mass is 267 g/mol. The number of carbonyl (C=O) groups excluding carboxylic acids is 2. The summed E-state index contributed by atoms with van der Waals surface area (Å²) in [5, 5.41) is 5.70. The number of allylic oxidation sites excluding steroid dienone is 1. The first-order chi connectivity index (χ1) is 9.69. The summed E-state index contributed by atoms with van der Waals surface area (Å²) in [4.78, 5) is 22.7. The first-order valence-electron chi connectivity index (χ1n) is 6.22. The maximum Gasteiger partial charge on any atom is 0.326 e. The van der Waals surface area contributed by atoms with Crippen LogP contribution >= 0.6 is 0 Å². The Morgan fingerprint density at radius 3 is 2.70 bits per heavy atom. The number of urea groups is 1. The van der Waals surface area contributed by atoms with E-state index in [2.05, 4.69) is 17.2 Å². The molecule has 1 aromatic carbocycles. The van der Waals surface area contributed by atoms with Crippen LogP contribution in [0.15, 0.2) is 48.8 Å². The second-order valence-electron chi connectivity index (χ2n) is 4.51. The third-order valence-electron chi connectivity index (χ3n) is 3.16. The molecule has 5 nitrogen and oxygen atoms in total. The summed E-state index contributed by atoms with van der Waals surface area (Å²) in [6, 6.07) is 7.40. The molecule has 2 aromatic rings. The summed E-state index contributed by atoms with van der Waals surface area (Å²) in [6.07, 6.45) is 5.44. The van der Waals surface area contributed by atoms with Gasteiger partial charge in [-0.25, -0.2) is 4.79 Å². The van der Waals surface area contributed by atoms with E-state index in [1.165, 1.54) is 0 Å². The SMILES string of the molecule is C=CCn1cc(/C=C2/NC(=O)NC2=O)c2ccccc21. The van der Waals surface area contributed by atoms with Crippen molar-refractivity contribution in [3.05, 3.63) is 54.4 Å². The molecule has 2 heterocycles. The number of amides is 3. The number of imide groups is 1. The molecule has 3 amide bonds. The Balaban J connectivity index is 2.12. The highest BCUT2D eigenvalue weighted by Crippen LogP contribution is 2.23. The van der Waals surface area contributed by atoms with Crippen molar-refractivity contribution in [1.29, 1.82) is 0 Å². The molecule has 1 aliphatic rings. The molecule has 0 bridgehead atoms. The lowest BCUT2D eigenvalue weighted by atomic mass is 10.1. The topological polar surface area (TPSA) is 63.1 Å². The third-order valence-corrected chi connectivity index (χ3v) is 3.16. The molecule has 5 heteroatoms. The van der Waals surface area contributed by atoms with E-state index in [9.17, 15) is 9.59 Å². The van der Waals surface area contributed by atoms with Gasteiger partial charge >= 0.3 is 6.03 Å². The molecule has 0 spiro atoms. The molecule has 1 aromatic heterocycles. The van der Waals surface area contributed by atoms with E-state index in [4.69, 9.17) is 0 Å². The fraction of sp³-hybridized carbons (Fsp3) is 0.0667. The van der Waals surface area contributed by atoms with Crippen molar-refractivity contribution in [2.75, 3.05) is 0 Å². The molecule has 0 radical (unpaired) electrons. The first-order valence-corrected chi connectivity index (χ1v) is 6.22. The summed E-state index contributed by atoms with van der Waals surface area (Å²) in [5.41, 5.74) is 2.20. The van der Waals surface area contributed by atoms with E-state index in [0.717, 1.165) is 16.5 Å². The van der Waals surface area contributed by atoms with Crippen molar-refractivity contribution in [1.82, 2.24) is 15.2 Å². The van der Waals surface area contributed by atoms with Crippen LogP contribution in [0.3, 0.4) is 0 Å². The van der Waals surface area contributed by atoms with Gasteiger partial charge in [0.15, 0.2) is 0 Å². The minimum absolute atomic E-state index is 0.261. The number of carbonyl (C=O) groups is 2. The van der Waals surface area contributed by atoms with Gasteiger partial charge < -0.3 is 9.88 Å². The molecule has 0 aliphatic carbocycles. The van der Waals surface area contributed by atoms with Gasteiger partial charge in [0.25, 0.3) is 5.91 Å². The number of fused-ring (bicyclic) bond motifs is 1. The Bertz CT molecular complexity index is 756. The zero-order valence-corrected chi connectivity index (χ0v) is 10.7. The van der Waals surface area contributed by atoms with E-state index in [0.29, 0.717) is 6.54 Å². The highest BCUT2D eigenvalue weighted by Gasteiger charge is 2.23. The number of hydrogen-bond acceptors (Lipinski definition) is 2. The lowest BCUT2D eigenvalue weighted by Crippen LogP contribution is -2.22. The second kappa shape index (κ2) is 4.70.